The molecule has 200 valence electrons. The van der Waals surface area contributed by atoms with Crippen LogP contribution in [-0.2, 0) is 23.0 Å². The van der Waals surface area contributed by atoms with E-state index in [-0.39, 0.29) is 18.8 Å². The van der Waals surface area contributed by atoms with E-state index in [1.54, 1.807) is 0 Å². The molecule has 0 aliphatic rings. The molecule has 0 saturated carbocycles. The van der Waals surface area contributed by atoms with Crippen molar-refractivity contribution >= 4 is 58.3 Å². The van der Waals surface area contributed by atoms with Crippen molar-refractivity contribution in [2.24, 2.45) is 7.05 Å². The number of ether oxygens (including phenoxy) is 1. The second-order valence-electron chi connectivity index (χ2n) is 7.96. The molecule has 5 N–H and O–H groups in total. The molecular weight excluding hydrogens is 525 g/mol. The number of aliphatic hydroxyl groups excluding tert-OH is 5. The number of carbonyl (C=O) groups excluding carboxylic acids is 1. The smallest absolute Gasteiger partial charge is 0.305 e. The molecule has 2 rings (SSSR count). The molecule has 35 heavy (non-hydrogen) atoms. The normalized spacial score (nSPS) is 14.7. The summed E-state index contributed by atoms with van der Waals surface area (Å²) < 4.78 is 6.91. The topological polar surface area (TPSA) is 149 Å². The summed E-state index contributed by atoms with van der Waals surface area (Å²) in [6, 6.07) is 5.97. The lowest BCUT2D eigenvalue weighted by Crippen LogP contribution is -2.47. The van der Waals surface area contributed by atoms with Crippen LogP contribution in [0.15, 0.2) is 18.2 Å². The van der Waals surface area contributed by atoms with Crippen LogP contribution in [0.25, 0.3) is 11.0 Å². The summed E-state index contributed by atoms with van der Waals surface area (Å²) in [5, 5.41) is 47.3. The van der Waals surface area contributed by atoms with Crippen molar-refractivity contribution in [1.29, 1.82) is 0 Å². The van der Waals surface area contributed by atoms with Gasteiger partial charge < -0.3 is 39.7 Å². The molecule has 0 aliphatic heterocycles. The Kier molecular flexibility index (Phi) is 14.2. The molecule has 0 saturated heterocycles. The van der Waals surface area contributed by atoms with Crippen LogP contribution in [0, 0.1) is 0 Å². The number of esters is 1. The minimum absolute atomic E-state index is 0. The number of aliphatic hydroxyl groups is 5. The lowest BCUT2D eigenvalue weighted by atomic mass is 10.0. The predicted octanol–water partition coefficient (Wildman–Crippen LogP) is 0.581. The lowest BCUT2D eigenvalue weighted by Gasteiger charge is -2.25. The number of anilines is 1. The summed E-state index contributed by atoms with van der Waals surface area (Å²) in [7, 11) is 1.90. The third-order valence-electron chi connectivity index (χ3n) is 5.55. The van der Waals surface area contributed by atoms with E-state index in [1.807, 2.05) is 29.8 Å². The maximum atomic E-state index is 12.0. The first-order valence-corrected chi connectivity index (χ1v) is 12.1. The van der Waals surface area contributed by atoms with E-state index < -0.39 is 43.6 Å². The molecule has 4 atom stereocenters. The molecule has 0 spiro atoms. The van der Waals surface area contributed by atoms with Crippen LogP contribution in [0.3, 0.4) is 0 Å². The molecule has 0 unspecified atom stereocenters. The van der Waals surface area contributed by atoms with E-state index in [2.05, 4.69) is 9.88 Å². The van der Waals surface area contributed by atoms with Crippen LogP contribution >= 0.6 is 35.6 Å². The fourth-order valence-corrected chi connectivity index (χ4v) is 3.94. The number of halogens is 3. The van der Waals surface area contributed by atoms with Crippen molar-refractivity contribution < 1.29 is 35.1 Å². The zero-order valence-electron chi connectivity index (χ0n) is 19.5. The van der Waals surface area contributed by atoms with Gasteiger partial charge in [-0.1, -0.05) is 0 Å². The minimum Gasteiger partial charge on any atom is -0.463 e. The van der Waals surface area contributed by atoms with Crippen molar-refractivity contribution in [1.82, 2.24) is 9.55 Å². The summed E-state index contributed by atoms with van der Waals surface area (Å²) >= 11 is 11.8. The van der Waals surface area contributed by atoms with Gasteiger partial charge in [0.25, 0.3) is 0 Å². The van der Waals surface area contributed by atoms with Gasteiger partial charge in [-0.3, -0.25) is 4.79 Å². The molecule has 0 amide bonds. The first-order chi connectivity index (χ1) is 16.2. The van der Waals surface area contributed by atoms with Gasteiger partial charge in [-0.15, -0.1) is 35.6 Å². The highest BCUT2D eigenvalue weighted by atomic mass is 35.5. The van der Waals surface area contributed by atoms with E-state index in [0.717, 1.165) is 22.5 Å². The fourth-order valence-electron chi connectivity index (χ4n) is 3.54. The predicted molar refractivity (Wildman–Crippen MR) is 137 cm³/mol. The van der Waals surface area contributed by atoms with Crippen molar-refractivity contribution in [3.63, 3.8) is 0 Å². The summed E-state index contributed by atoms with van der Waals surface area (Å²) in [4.78, 5) is 18.8. The van der Waals surface area contributed by atoms with Gasteiger partial charge in [-0.05, 0) is 24.6 Å². The van der Waals surface area contributed by atoms with Crippen LogP contribution in [0.5, 0.6) is 0 Å². The number of rotatable bonds is 15. The lowest BCUT2D eigenvalue weighted by molar-refractivity contribution is -0.156. The van der Waals surface area contributed by atoms with E-state index in [9.17, 15) is 25.2 Å². The molecular formula is C22H34Cl3N3O7. The first-order valence-electron chi connectivity index (χ1n) is 11.0. The van der Waals surface area contributed by atoms with Gasteiger partial charge in [-0.2, -0.15) is 0 Å². The average Bonchev–Trinajstić information content (AvgIpc) is 3.15. The summed E-state index contributed by atoms with van der Waals surface area (Å²) in [6.45, 7) is 0.0152. The molecule has 1 aromatic heterocycles. The highest BCUT2D eigenvalue weighted by Crippen LogP contribution is 2.23. The van der Waals surface area contributed by atoms with Gasteiger partial charge in [-0.25, -0.2) is 4.98 Å². The number of nitrogens with zero attached hydrogens (tertiary/aromatic N) is 3. The second-order valence-corrected chi connectivity index (χ2v) is 8.72. The number of hydrogen-bond donors (Lipinski definition) is 5. The molecule has 13 heteroatoms. The van der Waals surface area contributed by atoms with Gasteiger partial charge in [0.1, 0.15) is 36.8 Å². The van der Waals surface area contributed by atoms with Crippen LogP contribution in [0.1, 0.15) is 18.7 Å². The summed E-state index contributed by atoms with van der Waals surface area (Å²) in [5.41, 5.74) is 2.77. The quantitative estimate of drug-likeness (QED) is 0.156. The fraction of sp³-hybridized carbons (Fsp3) is 0.636. The second kappa shape index (κ2) is 15.7. The van der Waals surface area contributed by atoms with Gasteiger partial charge in [0, 0.05) is 50.4 Å². The Bertz CT molecular complexity index is 912. The number of aryl methyl sites for hydroxylation is 2. The maximum absolute atomic E-state index is 12.0. The van der Waals surface area contributed by atoms with E-state index in [1.165, 1.54) is 0 Å². The minimum atomic E-state index is -1.77. The number of fused-ring (bicyclic) bond motifs is 1. The van der Waals surface area contributed by atoms with E-state index in [0.29, 0.717) is 37.7 Å². The molecule has 0 bridgehead atoms. The number of hydrogen-bond acceptors (Lipinski definition) is 9. The Morgan fingerprint density at radius 1 is 1.11 bits per heavy atom. The van der Waals surface area contributed by atoms with Crippen LogP contribution in [-0.4, -0.2) is 104 Å². The Balaban J connectivity index is 0.00000612. The van der Waals surface area contributed by atoms with Crippen molar-refractivity contribution in [2.75, 3.05) is 43.0 Å². The highest BCUT2D eigenvalue weighted by Gasteiger charge is 2.30. The van der Waals surface area contributed by atoms with Crippen LogP contribution in [0.2, 0.25) is 0 Å². The van der Waals surface area contributed by atoms with Gasteiger partial charge in [0.05, 0.1) is 17.6 Å². The Morgan fingerprint density at radius 3 is 2.34 bits per heavy atom. The summed E-state index contributed by atoms with van der Waals surface area (Å²) in [5.74, 6) is 1.19. The number of imidazole rings is 1. The molecule has 1 heterocycles. The number of carbonyl (C=O) groups is 1. The zero-order chi connectivity index (χ0) is 25.3. The third-order valence-corrected chi connectivity index (χ3v) is 5.89. The molecule has 0 aliphatic carbocycles. The largest absolute Gasteiger partial charge is 0.463 e. The molecule has 0 radical (unpaired) electrons. The standard InChI is InChI=1S/C22H33Cl2N3O7.ClH/c1-26-16-6-5-14(27(9-7-23)10-8-24)11-15(16)25-19(26)3-2-4-20(31)34-13-18(30)22(33)21(32)17(29)12-28;/h5-6,11,17-18,21-22,28-30,32-33H,2-4,7-10,12-13H2,1H3;1H/t17-,18-,21-,22-;/m1./s1. The Labute approximate surface area is 220 Å². The van der Waals surface area contributed by atoms with Crippen molar-refractivity contribution in [3.05, 3.63) is 24.0 Å². The highest BCUT2D eigenvalue weighted by molar-refractivity contribution is 6.18. The summed E-state index contributed by atoms with van der Waals surface area (Å²) in [6.07, 6.45) is -5.72. The third kappa shape index (κ3) is 8.91. The van der Waals surface area contributed by atoms with E-state index in [4.69, 9.17) is 33.0 Å². The Hall–Kier alpha value is -1.37. The van der Waals surface area contributed by atoms with E-state index >= 15 is 0 Å². The molecule has 1 aromatic carbocycles. The number of aromatic nitrogens is 2. The molecule has 0 fully saturated rings. The van der Waals surface area contributed by atoms with Crippen LogP contribution in [0.4, 0.5) is 5.69 Å². The maximum Gasteiger partial charge on any atom is 0.305 e. The number of benzene rings is 1. The van der Waals surface area contributed by atoms with Gasteiger partial charge in [0.2, 0.25) is 0 Å². The number of alkyl halides is 2. The first kappa shape index (κ1) is 31.7. The molecule has 2 aromatic rings. The van der Waals surface area contributed by atoms with Crippen LogP contribution < -0.4 is 4.90 Å². The van der Waals surface area contributed by atoms with Gasteiger partial charge in [0.15, 0.2) is 0 Å². The zero-order valence-corrected chi connectivity index (χ0v) is 21.8. The molecule has 10 nitrogen and oxygen atoms in total. The average molecular weight is 559 g/mol. The van der Waals surface area contributed by atoms with Crippen molar-refractivity contribution in [3.8, 4) is 0 Å². The Morgan fingerprint density at radius 2 is 1.74 bits per heavy atom. The van der Waals surface area contributed by atoms with Gasteiger partial charge >= 0.3 is 5.97 Å². The SMILES string of the molecule is Cl.Cn1c(CCCC(=O)OC[C@@H](O)[C@@H](O)[C@H](O)[C@H](O)CO)nc2cc(N(CCCl)CCCl)ccc21. The monoisotopic (exact) mass is 557 g/mol. The van der Waals surface area contributed by atoms with Crippen molar-refractivity contribution in [2.45, 2.75) is 43.7 Å².